The van der Waals surface area contributed by atoms with Crippen LogP contribution in [0, 0.1) is 6.92 Å². The van der Waals surface area contributed by atoms with Gasteiger partial charge in [-0.2, -0.15) is 0 Å². The maximum Gasteiger partial charge on any atom is 0.322 e. The molecule has 1 aromatic rings. The number of ether oxygens (including phenoxy) is 1. The highest BCUT2D eigenvalue weighted by atomic mass is 16.5. The Kier molecular flexibility index (Phi) is 2.93. The zero-order valence-electron chi connectivity index (χ0n) is 8.32. The normalized spacial score (nSPS) is 21.3. The Morgan fingerprint density at radius 1 is 1.60 bits per heavy atom. The van der Waals surface area contributed by atoms with E-state index in [1.807, 2.05) is 0 Å². The van der Waals surface area contributed by atoms with Gasteiger partial charge in [0.1, 0.15) is 6.10 Å². The molecule has 1 fully saturated rings. The Labute approximate surface area is 86.2 Å². The van der Waals surface area contributed by atoms with Gasteiger partial charge in [-0.25, -0.2) is 0 Å². The molecule has 7 heteroatoms. The second-order valence-corrected chi connectivity index (χ2v) is 3.18. The van der Waals surface area contributed by atoms with Crippen molar-refractivity contribution in [2.24, 2.45) is 0 Å². The van der Waals surface area contributed by atoms with Crippen molar-refractivity contribution in [2.75, 3.05) is 25.0 Å². The summed E-state index contributed by atoms with van der Waals surface area (Å²) in [5.41, 5.74) is 0. The molecule has 1 saturated heterocycles. The van der Waals surface area contributed by atoms with Crippen LogP contribution in [0.1, 0.15) is 5.89 Å². The maximum atomic E-state index is 11.6. The van der Waals surface area contributed by atoms with E-state index in [-0.39, 0.29) is 11.9 Å². The Balaban J connectivity index is 1.91. The van der Waals surface area contributed by atoms with E-state index in [2.05, 4.69) is 20.8 Å². The molecular weight excluding hydrogens is 200 g/mol. The van der Waals surface area contributed by atoms with Crippen molar-refractivity contribution in [3.8, 4) is 0 Å². The molecule has 7 nitrogen and oxygen atoms in total. The Morgan fingerprint density at radius 2 is 2.47 bits per heavy atom. The predicted molar refractivity (Wildman–Crippen MR) is 50.3 cm³/mol. The molecule has 0 aliphatic carbocycles. The zero-order chi connectivity index (χ0) is 10.7. The molecule has 0 aromatic carbocycles. The average molecular weight is 212 g/mol. The number of nitrogens with one attached hydrogen (secondary N) is 2. The Bertz CT molecular complexity index is 345. The van der Waals surface area contributed by atoms with Crippen molar-refractivity contribution >= 4 is 11.9 Å². The Hall–Kier alpha value is -1.47. The van der Waals surface area contributed by atoms with Crippen LogP contribution in [0.2, 0.25) is 0 Å². The molecule has 1 aliphatic heterocycles. The molecule has 2 rings (SSSR count). The Morgan fingerprint density at radius 3 is 3.07 bits per heavy atom. The number of hydrogen-bond acceptors (Lipinski definition) is 6. The molecule has 2 heterocycles. The molecule has 15 heavy (non-hydrogen) atoms. The van der Waals surface area contributed by atoms with E-state index >= 15 is 0 Å². The number of aromatic nitrogens is 2. The van der Waals surface area contributed by atoms with E-state index in [4.69, 9.17) is 9.15 Å². The van der Waals surface area contributed by atoms with Gasteiger partial charge in [0.05, 0.1) is 6.61 Å². The molecule has 1 amide bonds. The second kappa shape index (κ2) is 4.37. The molecule has 82 valence electrons. The summed E-state index contributed by atoms with van der Waals surface area (Å²) >= 11 is 0. The van der Waals surface area contributed by atoms with Crippen LogP contribution in [0.3, 0.4) is 0 Å². The van der Waals surface area contributed by atoms with E-state index in [0.717, 1.165) is 6.54 Å². The summed E-state index contributed by atoms with van der Waals surface area (Å²) in [7, 11) is 0. The van der Waals surface area contributed by atoms with Gasteiger partial charge in [-0.15, -0.1) is 5.10 Å². The van der Waals surface area contributed by atoms with Crippen LogP contribution < -0.4 is 10.6 Å². The quantitative estimate of drug-likeness (QED) is 0.674. The van der Waals surface area contributed by atoms with E-state index in [0.29, 0.717) is 19.0 Å². The number of carbonyl (C=O) groups is 1. The van der Waals surface area contributed by atoms with Crippen LogP contribution >= 0.6 is 0 Å². The number of amides is 1. The topological polar surface area (TPSA) is 89.3 Å². The van der Waals surface area contributed by atoms with E-state index in [1.54, 1.807) is 6.92 Å². The summed E-state index contributed by atoms with van der Waals surface area (Å²) in [6.45, 7) is 3.45. The van der Waals surface area contributed by atoms with Crippen molar-refractivity contribution in [2.45, 2.75) is 13.0 Å². The maximum absolute atomic E-state index is 11.6. The van der Waals surface area contributed by atoms with Crippen molar-refractivity contribution in [1.82, 2.24) is 15.5 Å². The molecular formula is C8H12N4O3. The van der Waals surface area contributed by atoms with Gasteiger partial charge in [0.25, 0.3) is 5.91 Å². The first-order chi connectivity index (χ1) is 7.25. The first-order valence-electron chi connectivity index (χ1n) is 4.69. The number of carbonyl (C=O) groups excluding carboxylic acids is 1. The number of rotatable bonds is 2. The molecule has 1 unspecified atom stereocenters. The van der Waals surface area contributed by atoms with Gasteiger partial charge in [0.15, 0.2) is 0 Å². The molecule has 1 aromatic heterocycles. The number of anilines is 1. The van der Waals surface area contributed by atoms with E-state index in [9.17, 15) is 4.79 Å². The predicted octanol–water partition coefficient (Wildman–Crippen LogP) is -0.695. The fourth-order valence-corrected chi connectivity index (χ4v) is 1.27. The fourth-order valence-electron chi connectivity index (χ4n) is 1.27. The summed E-state index contributed by atoms with van der Waals surface area (Å²) in [6, 6.07) is 0.103. The number of hydrogen-bond donors (Lipinski definition) is 2. The van der Waals surface area contributed by atoms with E-state index in [1.165, 1.54) is 0 Å². The summed E-state index contributed by atoms with van der Waals surface area (Å²) < 4.78 is 10.3. The van der Waals surface area contributed by atoms with Crippen LogP contribution in [0.25, 0.3) is 0 Å². The van der Waals surface area contributed by atoms with Gasteiger partial charge in [-0.3, -0.25) is 10.1 Å². The van der Waals surface area contributed by atoms with Crippen LogP contribution in [0.15, 0.2) is 4.42 Å². The third-order valence-electron chi connectivity index (χ3n) is 1.98. The van der Waals surface area contributed by atoms with Crippen LogP contribution in [0.4, 0.5) is 6.01 Å². The molecule has 0 bridgehead atoms. The first-order valence-corrected chi connectivity index (χ1v) is 4.69. The minimum atomic E-state index is -0.494. The lowest BCUT2D eigenvalue weighted by Crippen LogP contribution is -2.45. The number of morpholine rings is 1. The second-order valence-electron chi connectivity index (χ2n) is 3.18. The standard InChI is InChI=1S/C8H12N4O3/c1-5-11-12-8(15-5)10-7(13)6-4-9-2-3-14-6/h6,9H,2-4H2,1H3,(H,10,12,13). The van der Waals surface area contributed by atoms with E-state index < -0.39 is 6.10 Å². The number of nitrogens with zero attached hydrogens (tertiary/aromatic N) is 2. The highest BCUT2D eigenvalue weighted by Gasteiger charge is 2.23. The first kappa shape index (κ1) is 10.1. The lowest BCUT2D eigenvalue weighted by molar-refractivity contribution is -0.128. The van der Waals surface area contributed by atoms with Crippen molar-refractivity contribution < 1.29 is 13.9 Å². The van der Waals surface area contributed by atoms with Gasteiger partial charge in [-0.05, 0) is 0 Å². The zero-order valence-corrected chi connectivity index (χ0v) is 8.32. The molecule has 1 atom stereocenters. The summed E-state index contributed by atoms with van der Waals surface area (Å²) in [5.74, 6) is 0.138. The fraction of sp³-hybridized carbons (Fsp3) is 0.625. The lowest BCUT2D eigenvalue weighted by atomic mass is 10.3. The third kappa shape index (κ3) is 2.51. The van der Waals surface area contributed by atoms with Gasteiger partial charge in [-0.1, -0.05) is 5.10 Å². The van der Waals surface area contributed by atoms with Crippen LogP contribution in [-0.2, 0) is 9.53 Å². The van der Waals surface area contributed by atoms with Gasteiger partial charge in [0, 0.05) is 20.0 Å². The number of aryl methyl sites for hydroxylation is 1. The van der Waals surface area contributed by atoms with Gasteiger partial charge >= 0.3 is 6.01 Å². The lowest BCUT2D eigenvalue weighted by Gasteiger charge is -2.21. The van der Waals surface area contributed by atoms with Crippen LogP contribution in [-0.4, -0.2) is 41.9 Å². The highest BCUT2D eigenvalue weighted by molar-refractivity contribution is 5.92. The average Bonchev–Trinajstić information content (AvgIpc) is 2.65. The minimum absolute atomic E-state index is 0.103. The van der Waals surface area contributed by atoms with Gasteiger partial charge in [0.2, 0.25) is 5.89 Å². The van der Waals surface area contributed by atoms with Gasteiger partial charge < -0.3 is 14.5 Å². The highest BCUT2D eigenvalue weighted by Crippen LogP contribution is 2.06. The van der Waals surface area contributed by atoms with Crippen molar-refractivity contribution in [3.63, 3.8) is 0 Å². The molecule has 0 spiro atoms. The van der Waals surface area contributed by atoms with Crippen LogP contribution in [0.5, 0.6) is 0 Å². The van der Waals surface area contributed by atoms with Crippen molar-refractivity contribution in [3.05, 3.63) is 5.89 Å². The molecule has 0 saturated carbocycles. The van der Waals surface area contributed by atoms with Crippen molar-refractivity contribution in [1.29, 1.82) is 0 Å². The molecule has 0 radical (unpaired) electrons. The smallest absolute Gasteiger partial charge is 0.322 e. The molecule has 2 N–H and O–H groups in total. The summed E-state index contributed by atoms with van der Waals surface area (Å²) in [4.78, 5) is 11.6. The summed E-state index contributed by atoms with van der Waals surface area (Å²) in [6.07, 6.45) is -0.494. The third-order valence-corrected chi connectivity index (χ3v) is 1.98. The minimum Gasteiger partial charge on any atom is -0.408 e. The molecule has 1 aliphatic rings. The summed E-state index contributed by atoms with van der Waals surface area (Å²) in [5, 5.41) is 12.8. The SMILES string of the molecule is Cc1nnc(NC(=O)C2CNCCO2)o1. The monoisotopic (exact) mass is 212 g/mol. The largest absolute Gasteiger partial charge is 0.408 e.